The molecule has 2 unspecified atom stereocenters. The zero-order valence-electron chi connectivity index (χ0n) is 8.90. The molecular formula is C12H15N3. The zero-order chi connectivity index (χ0) is 10.7. The van der Waals surface area contributed by atoms with Crippen LogP contribution in [0.5, 0.6) is 0 Å². The molecular weight excluding hydrogens is 186 g/mol. The molecule has 2 rings (SSSR count). The van der Waals surface area contributed by atoms with E-state index in [4.69, 9.17) is 5.26 Å². The van der Waals surface area contributed by atoms with Crippen molar-refractivity contribution >= 4 is 0 Å². The number of nitriles is 1. The molecule has 1 N–H and O–H groups in total. The maximum atomic E-state index is 8.70. The van der Waals surface area contributed by atoms with Gasteiger partial charge in [0.25, 0.3) is 0 Å². The van der Waals surface area contributed by atoms with Gasteiger partial charge in [0.15, 0.2) is 0 Å². The van der Waals surface area contributed by atoms with Gasteiger partial charge in [-0.3, -0.25) is 0 Å². The van der Waals surface area contributed by atoms with Gasteiger partial charge in [0.2, 0.25) is 0 Å². The lowest BCUT2D eigenvalue weighted by molar-refractivity contribution is 0.623. The van der Waals surface area contributed by atoms with Crippen LogP contribution >= 0.6 is 0 Å². The molecule has 0 bridgehead atoms. The van der Waals surface area contributed by atoms with E-state index in [2.05, 4.69) is 23.3 Å². The molecule has 0 saturated heterocycles. The molecule has 1 aliphatic rings. The lowest BCUT2D eigenvalue weighted by atomic mass is 10.2. The molecule has 0 spiro atoms. The van der Waals surface area contributed by atoms with Crippen molar-refractivity contribution in [1.29, 1.82) is 5.26 Å². The van der Waals surface area contributed by atoms with Gasteiger partial charge in [0.1, 0.15) is 11.8 Å². The Bertz CT molecular complexity index is 381. The first-order valence-corrected chi connectivity index (χ1v) is 5.42. The molecule has 3 nitrogen and oxygen atoms in total. The standard InChI is InChI=1S/C12H15N3/c1-2-10-6-12(10)15-8-9-3-4-14-11(5-9)7-13/h3-5,10,12,15H,2,6,8H2,1H3. The second-order valence-corrected chi connectivity index (χ2v) is 4.05. The molecule has 1 aliphatic carbocycles. The van der Waals surface area contributed by atoms with Crippen LogP contribution in [0.3, 0.4) is 0 Å². The van der Waals surface area contributed by atoms with E-state index in [0.29, 0.717) is 11.7 Å². The van der Waals surface area contributed by atoms with E-state index >= 15 is 0 Å². The van der Waals surface area contributed by atoms with Crippen LogP contribution in [0, 0.1) is 17.2 Å². The van der Waals surface area contributed by atoms with E-state index in [0.717, 1.165) is 18.0 Å². The van der Waals surface area contributed by atoms with Crippen LogP contribution in [0.25, 0.3) is 0 Å². The molecule has 1 heterocycles. The molecule has 78 valence electrons. The lowest BCUT2D eigenvalue weighted by Gasteiger charge is -2.03. The molecule has 0 aliphatic heterocycles. The summed E-state index contributed by atoms with van der Waals surface area (Å²) in [5.74, 6) is 0.863. The van der Waals surface area contributed by atoms with E-state index in [1.807, 2.05) is 12.1 Å². The summed E-state index contributed by atoms with van der Waals surface area (Å²) in [6.45, 7) is 3.07. The molecule has 0 amide bonds. The third-order valence-electron chi connectivity index (χ3n) is 2.95. The van der Waals surface area contributed by atoms with E-state index in [1.54, 1.807) is 6.20 Å². The Labute approximate surface area is 90.1 Å². The normalized spacial score (nSPS) is 23.5. The number of aromatic nitrogens is 1. The van der Waals surface area contributed by atoms with Gasteiger partial charge in [0.05, 0.1) is 0 Å². The van der Waals surface area contributed by atoms with Gasteiger partial charge in [-0.05, 0) is 30.0 Å². The quantitative estimate of drug-likeness (QED) is 0.808. The van der Waals surface area contributed by atoms with Gasteiger partial charge in [0, 0.05) is 18.8 Å². The van der Waals surface area contributed by atoms with Crippen LogP contribution in [0.15, 0.2) is 18.3 Å². The largest absolute Gasteiger partial charge is 0.310 e. The summed E-state index contributed by atoms with van der Waals surface area (Å²) in [4.78, 5) is 3.94. The molecule has 15 heavy (non-hydrogen) atoms. The van der Waals surface area contributed by atoms with Crippen molar-refractivity contribution in [2.24, 2.45) is 5.92 Å². The molecule has 0 radical (unpaired) electrons. The highest BCUT2D eigenvalue weighted by molar-refractivity contribution is 5.25. The average molecular weight is 201 g/mol. The van der Waals surface area contributed by atoms with Crippen LogP contribution in [-0.4, -0.2) is 11.0 Å². The maximum Gasteiger partial charge on any atom is 0.140 e. The Balaban J connectivity index is 1.86. The smallest absolute Gasteiger partial charge is 0.140 e. The lowest BCUT2D eigenvalue weighted by Crippen LogP contribution is -2.17. The van der Waals surface area contributed by atoms with Crippen LogP contribution in [0.2, 0.25) is 0 Å². The number of nitrogens with one attached hydrogen (secondary N) is 1. The van der Waals surface area contributed by atoms with Crippen LogP contribution in [0.1, 0.15) is 31.0 Å². The second-order valence-electron chi connectivity index (χ2n) is 4.05. The maximum absolute atomic E-state index is 8.70. The minimum absolute atomic E-state index is 0.497. The topological polar surface area (TPSA) is 48.7 Å². The van der Waals surface area contributed by atoms with Crippen LogP contribution < -0.4 is 5.32 Å². The van der Waals surface area contributed by atoms with Gasteiger partial charge in [-0.2, -0.15) is 5.26 Å². The second kappa shape index (κ2) is 4.41. The summed E-state index contributed by atoms with van der Waals surface area (Å²) in [6, 6.07) is 6.54. The summed E-state index contributed by atoms with van der Waals surface area (Å²) >= 11 is 0. The molecule has 1 aromatic heterocycles. The Morgan fingerprint density at radius 2 is 2.53 bits per heavy atom. The zero-order valence-corrected chi connectivity index (χ0v) is 8.90. The number of rotatable bonds is 4. The highest BCUT2D eigenvalue weighted by Gasteiger charge is 2.34. The van der Waals surface area contributed by atoms with Crippen molar-refractivity contribution in [1.82, 2.24) is 10.3 Å². The number of nitrogens with zero attached hydrogens (tertiary/aromatic N) is 2. The fraction of sp³-hybridized carbons (Fsp3) is 0.500. The molecule has 3 heteroatoms. The Morgan fingerprint density at radius 1 is 1.67 bits per heavy atom. The van der Waals surface area contributed by atoms with E-state index < -0.39 is 0 Å². The molecule has 1 fully saturated rings. The van der Waals surface area contributed by atoms with Crippen molar-refractivity contribution in [3.63, 3.8) is 0 Å². The van der Waals surface area contributed by atoms with Gasteiger partial charge >= 0.3 is 0 Å². The SMILES string of the molecule is CCC1CC1NCc1ccnc(C#N)c1. The van der Waals surface area contributed by atoms with Crippen molar-refractivity contribution in [2.45, 2.75) is 32.4 Å². The van der Waals surface area contributed by atoms with Gasteiger partial charge in [-0.1, -0.05) is 13.3 Å². The number of hydrogen-bond acceptors (Lipinski definition) is 3. The monoisotopic (exact) mass is 201 g/mol. The molecule has 1 saturated carbocycles. The minimum Gasteiger partial charge on any atom is -0.310 e. The number of pyridine rings is 1. The Hall–Kier alpha value is -1.40. The summed E-state index contributed by atoms with van der Waals surface area (Å²) in [5, 5.41) is 12.2. The van der Waals surface area contributed by atoms with Crippen molar-refractivity contribution < 1.29 is 0 Å². The number of hydrogen-bond donors (Lipinski definition) is 1. The molecule has 0 aromatic carbocycles. The predicted molar refractivity (Wildman–Crippen MR) is 58.0 cm³/mol. The summed E-state index contributed by atoms with van der Waals surface area (Å²) in [7, 11) is 0. The van der Waals surface area contributed by atoms with Crippen molar-refractivity contribution in [3.8, 4) is 6.07 Å². The summed E-state index contributed by atoms with van der Waals surface area (Å²) in [6.07, 6.45) is 4.25. The fourth-order valence-electron chi connectivity index (χ4n) is 1.84. The first-order chi connectivity index (χ1) is 7.33. The van der Waals surface area contributed by atoms with E-state index in [1.165, 1.54) is 12.8 Å². The first-order valence-electron chi connectivity index (χ1n) is 5.42. The van der Waals surface area contributed by atoms with Crippen molar-refractivity contribution in [3.05, 3.63) is 29.6 Å². The minimum atomic E-state index is 0.497. The third kappa shape index (κ3) is 2.54. The van der Waals surface area contributed by atoms with Gasteiger partial charge in [-0.15, -0.1) is 0 Å². The van der Waals surface area contributed by atoms with Crippen molar-refractivity contribution in [2.75, 3.05) is 0 Å². The summed E-state index contributed by atoms with van der Waals surface area (Å²) < 4.78 is 0. The highest BCUT2D eigenvalue weighted by atomic mass is 15.0. The van der Waals surface area contributed by atoms with E-state index in [-0.39, 0.29) is 0 Å². The van der Waals surface area contributed by atoms with Gasteiger partial charge in [-0.25, -0.2) is 4.98 Å². The van der Waals surface area contributed by atoms with Crippen LogP contribution in [0.4, 0.5) is 0 Å². The van der Waals surface area contributed by atoms with E-state index in [9.17, 15) is 0 Å². The fourth-order valence-corrected chi connectivity index (χ4v) is 1.84. The first kappa shape index (κ1) is 10.1. The molecule has 1 aromatic rings. The Morgan fingerprint density at radius 3 is 3.20 bits per heavy atom. The Kier molecular flexibility index (Phi) is 2.98. The molecule has 2 atom stereocenters. The summed E-state index contributed by atoms with van der Waals surface area (Å²) in [5.41, 5.74) is 1.64. The third-order valence-corrected chi connectivity index (χ3v) is 2.95. The van der Waals surface area contributed by atoms with Crippen LogP contribution in [-0.2, 0) is 6.54 Å². The highest BCUT2D eigenvalue weighted by Crippen LogP contribution is 2.33. The average Bonchev–Trinajstić information content (AvgIpc) is 3.05. The predicted octanol–water partition coefficient (Wildman–Crippen LogP) is 1.84. The van der Waals surface area contributed by atoms with Gasteiger partial charge < -0.3 is 5.32 Å².